The quantitative estimate of drug-likeness (QED) is 0.286. The highest BCUT2D eigenvalue weighted by molar-refractivity contribution is 5.81. The van der Waals surface area contributed by atoms with Crippen LogP contribution in [-0.4, -0.2) is 34.0 Å². The second-order valence-electron chi connectivity index (χ2n) is 4.67. The number of hydrogen-bond donors (Lipinski definition) is 3. The average molecular weight is 298 g/mol. The van der Waals surface area contributed by atoms with Gasteiger partial charge in [-0.15, -0.1) is 0 Å². The van der Waals surface area contributed by atoms with E-state index in [2.05, 4.69) is 25.4 Å². The number of nitrogen functional groups attached to an aromatic ring is 1. The summed E-state index contributed by atoms with van der Waals surface area (Å²) in [6.07, 6.45) is 1.54. The van der Waals surface area contributed by atoms with Crippen molar-refractivity contribution >= 4 is 23.3 Å². The molecule has 0 aliphatic heterocycles. The average Bonchev–Trinajstić information content (AvgIpc) is 2.44. The number of nitrogens with two attached hydrogens (primary N) is 1. The third-order valence-corrected chi connectivity index (χ3v) is 2.65. The van der Waals surface area contributed by atoms with Crippen LogP contribution >= 0.6 is 0 Å². The normalized spacial score (nSPS) is 11.9. The molecule has 21 heavy (non-hydrogen) atoms. The number of rotatable bonds is 7. The molecule has 116 valence electrons. The molecule has 10 nitrogen and oxygen atoms in total. The number of nitro groups is 1. The van der Waals surface area contributed by atoms with Gasteiger partial charge in [-0.25, -0.2) is 20.6 Å². The van der Waals surface area contributed by atoms with Crippen molar-refractivity contribution in [2.75, 3.05) is 17.9 Å². The minimum Gasteiger partial charge on any atom is -0.467 e. The lowest BCUT2D eigenvalue weighted by molar-refractivity contribution is -0.383. The molecule has 10 heteroatoms. The maximum Gasteiger partial charge on any atom is 0.354 e. The summed E-state index contributed by atoms with van der Waals surface area (Å²) in [5, 5.41) is 13.8. The molecule has 0 saturated carbocycles. The number of methoxy groups -OCH3 is 1. The van der Waals surface area contributed by atoms with E-state index in [1.54, 1.807) is 0 Å². The Morgan fingerprint density at radius 3 is 2.57 bits per heavy atom. The summed E-state index contributed by atoms with van der Waals surface area (Å²) in [5.41, 5.74) is 1.69. The number of ether oxygens (including phenoxy) is 1. The number of hydrogen-bond acceptors (Lipinski definition) is 9. The van der Waals surface area contributed by atoms with Gasteiger partial charge in [0.25, 0.3) is 0 Å². The maximum atomic E-state index is 11.7. The zero-order valence-electron chi connectivity index (χ0n) is 12.0. The minimum absolute atomic E-state index is 0.0981. The van der Waals surface area contributed by atoms with Crippen LogP contribution in [0.3, 0.4) is 0 Å². The first-order valence-electron chi connectivity index (χ1n) is 6.21. The molecule has 1 unspecified atom stereocenters. The molecule has 4 N–H and O–H groups in total. The SMILES string of the molecule is COC(=O)C(CC(C)C)Nc1ncnc(NN)c1[N+](=O)[O-]. The summed E-state index contributed by atoms with van der Waals surface area (Å²) < 4.78 is 4.69. The van der Waals surface area contributed by atoms with Gasteiger partial charge < -0.3 is 15.5 Å². The molecule has 0 radical (unpaired) electrons. The van der Waals surface area contributed by atoms with Gasteiger partial charge in [0.05, 0.1) is 12.0 Å². The molecule has 0 aromatic carbocycles. The van der Waals surface area contributed by atoms with E-state index in [0.717, 1.165) is 6.33 Å². The van der Waals surface area contributed by atoms with Crippen molar-refractivity contribution in [1.82, 2.24) is 9.97 Å². The van der Waals surface area contributed by atoms with Gasteiger partial charge in [-0.2, -0.15) is 0 Å². The van der Waals surface area contributed by atoms with Gasteiger partial charge in [0, 0.05) is 0 Å². The zero-order chi connectivity index (χ0) is 16.0. The Morgan fingerprint density at radius 2 is 2.10 bits per heavy atom. The smallest absolute Gasteiger partial charge is 0.354 e. The van der Waals surface area contributed by atoms with Crippen LogP contribution < -0.4 is 16.6 Å². The summed E-state index contributed by atoms with van der Waals surface area (Å²) in [7, 11) is 1.25. The second kappa shape index (κ2) is 7.33. The van der Waals surface area contributed by atoms with E-state index in [1.807, 2.05) is 13.8 Å². The van der Waals surface area contributed by atoms with E-state index in [-0.39, 0.29) is 17.6 Å². The maximum absolute atomic E-state index is 11.7. The third-order valence-electron chi connectivity index (χ3n) is 2.65. The van der Waals surface area contributed by atoms with E-state index in [0.29, 0.717) is 6.42 Å². The number of carbonyl (C=O) groups is 1. The molecule has 1 rings (SSSR count). The fraction of sp³-hybridized carbons (Fsp3) is 0.545. The Labute approximate surface area is 121 Å². The van der Waals surface area contributed by atoms with Gasteiger partial charge in [0.15, 0.2) is 0 Å². The number of esters is 1. The number of aromatic nitrogens is 2. The van der Waals surface area contributed by atoms with Crippen LogP contribution in [0, 0.1) is 16.0 Å². The van der Waals surface area contributed by atoms with Crippen LogP contribution in [0.4, 0.5) is 17.3 Å². The second-order valence-corrected chi connectivity index (χ2v) is 4.67. The number of anilines is 2. The molecule has 0 aliphatic rings. The minimum atomic E-state index is -0.755. The molecule has 0 amide bonds. The fourth-order valence-corrected chi connectivity index (χ4v) is 1.76. The fourth-order valence-electron chi connectivity index (χ4n) is 1.76. The van der Waals surface area contributed by atoms with Crippen molar-refractivity contribution in [3.63, 3.8) is 0 Å². The first kappa shape index (κ1) is 16.6. The molecular weight excluding hydrogens is 280 g/mol. The van der Waals surface area contributed by atoms with Crippen molar-refractivity contribution in [1.29, 1.82) is 0 Å². The predicted molar refractivity (Wildman–Crippen MR) is 75.4 cm³/mol. The van der Waals surface area contributed by atoms with Gasteiger partial charge in [-0.1, -0.05) is 13.8 Å². The van der Waals surface area contributed by atoms with Crippen LogP contribution in [0.25, 0.3) is 0 Å². The molecule has 1 aromatic rings. The summed E-state index contributed by atoms with van der Waals surface area (Å²) in [6.45, 7) is 3.83. The van der Waals surface area contributed by atoms with E-state index in [9.17, 15) is 14.9 Å². The number of nitrogens with zero attached hydrogens (tertiary/aromatic N) is 3. The van der Waals surface area contributed by atoms with Crippen molar-refractivity contribution in [3.8, 4) is 0 Å². The molecule has 1 atom stereocenters. The Morgan fingerprint density at radius 1 is 1.48 bits per heavy atom. The number of nitrogens with one attached hydrogen (secondary N) is 2. The molecular formula is C11H18N6O4. The molecule has 1 aromatic heterocycles. The van der Waals surface area contributed by atoms with Crippen LogP contribution in [-0.2, 0) is 9.53 Å². The van der Waals surface area contributed by atoms with Crippen molar-refractivity contribution < 1.29 is 14.5 Å². The first-order chi connectivity index (χ1) is 9.90. The highest BCUT2D eigenvalue weighted by Crippen LogP contribution is 2.29. The lowest BCUT2D eigenvalue weighted by Gasteiger charge is -2.18. The third kappa shape index (κ3) is 4.24. The van der Waals surface area contributed by atoms with E-state index >= 15 is 0 Å². The molecule has 0 fully saturated rings. The van der Waals surface area contributed by atoms with Crippen LogP contribution in [0.1, 0.15) is 20.3 Å². The van der Waals surface area contributed by atoms with Gasteiger partial charge in [0.1, 0.15) is 12.4 Å². The van der Waals surface area contributed by atoms with Crippen molar-refractivity contribution in [2.45, 2.75) is 26.3 Å². The summed E-state index contributed by atoms with van der Waals surface area (Å²) >= 11 is 0. The molecule has 0 spiro atoms. The van der Waals surface area contributed by atoms with E-state index < -0.39 is 22.6 Å². The summed E-state index contributed by atoms with van der Waals surface area (Å²) in [5.74, 6) is 4.59. The lowest BCUT2D eigenvalue weighted by atomic mass is 10.0. The van der Waals surface area contributed by atoms with E-state index in [4.69, 9.17) is 5.84 Å². The monoisotopic (exact) mass is 298 g/mol. The van der Waals surface area contributed by atoms with Crippen LogP contribution in [0.15, 0.2) is 6.33 Å². The van der Waals surface area contributed by atoms with Gasteiger partial charge in [0.2, 0.25) is 11.6 Å². The first-order valence-corrected chi connectivity index (χ1v) is 6.21. The van der Waals surface area contributed by atoms with Crippen molar-refractivity contribution in [2.24, 2.45) is 11.8 Å². The molecule has 1 heterocycles. The number of hydrazine groups is 1. The molecule has 0 bridgehead atoms. The number of carbonyl (C=O) groups excluding carboxylic acids is 1. The summed E-state index contributed by atoms with van der Waals surface area (Å²) in [4.78, 5) is 29.7. The topological polar surface area (TPSA) is 145 Å². The Balaban J connectivity index is 3.14. The Bertz CT molecular complexity index is 521. The lowest BCUT2D eigenvalue weighted by Crippen LogP contribution is -2.33. The highest BCUT2D eigenvalue weighted by Gasteiger charge is 2.28. The van der Waals surface area contributed by atoms with Gasteiger partial charge in [-0.3, -0.25) is 10.1 Å². The predicted octanol–water partition coefficient (Wildman–Crippen LogP) is 0.670. The highest BCUT2D eigenvalue weighted by atomic mass is 16.6. The standard InChI is InChI=1S/C11H18N6O4/c1-6(2)4-7(11(18)21-3)15-9-8(17(19)20)10(16-12)14-5-13-9/h5-7H,4,12H2,1-3H3,(H2,13,14,15,16). The van der Waals surface area contributed by atoms with Crippen molar-refractivity contribution in [3.05, 3.63) is 16.4 Å². The van der Waals surface area contributed by atoms with Gasteiger partial charge in [-0.05, 0) is 12.3 Å². The Kier molecular flexibility index (Phi) is 5.79. The zero-order valence-corrected chi connectivity index (χ0v) is 12.0. The molecule has 0 aliphatic carbocycles. The van der Waals surface area contributed by atoms with Crippen LogP contribution in [0.2, 0.25) is 0 Å². The summed E-state index contributed by atoms with van der Waals surface area (Å²) in [6, 6.07) is -0.755. The van der Waals surface area contributed by atoms with Gasteiger partial charge >= 0.3 is 11.7 Å². The van der Waals surface area contributed by atoms with Crippen LogP contribution in [0.5, 0.6) is 0 Å². The Hall–Kier alpha value is -2.49. The van der Waals surface area contributed by atoms with E-state index in [1.165, 1.54) is 7.11 Å². The molecule has 0 saturated heterocycles. The largest absolute Gasteiger partial charge is 0.467 e.